The molecule has 0 radical (unpaired) electrons. The lowest BCUT2D eigenvalue weighted by Crippen LogP contribution is -2.47. The summed E-state index contributed by atoms with van der Waals surface area (Å²) in [4.78, 5) is 0. The maximum Gasteiger partial charge on any atom is 0.242 e. The van der Waals surface area contributed by atoms with Crippen LogP contribution in [-0.4, -0.2) is 34.9 Å². The van der Waals surface area contributed by atoms with Crippen LogP contribution in [0.15, 0.2) is 47.5 Å². The Kier molecular flexibility index (Phi) is 9.68. The first-order valence-corrected chi connectivity index (χ1v) is 21.0. The predicted molar refractivity (Wildman–Crippen MR) is 155 cm³/mol. The van der Waals surface area contributed by atoms with Gasteiger partial charge in [0, 0.05) is 16.4 Å². The minimum atomic E-state index is -1.77. The van der Waals surface area contributed by atoms with Crippen LogP contribution < -0.4 is 0 Å². The third-order valence-electron chi connectivity index (χ3n) is 7.35. The molecular weight excluding hydrogens is 473 g/mol. The molecule has 2 rings (SSSR count). The van der Waals surface area contributed by atoms with Crippen LogP contribution in [0.4, 0.5) is 0 Å². The fourth-order valence-corrected chi connectivity index (χ4v) is 7.56. The number of allylic oxidation sites excluding steroid dienone is 5. The lowest BCUT2D eigenvalue weighted by Gasteiger charge is -2.50. The Morgan fingerprint density at radius 3 is 2.41 bits per heavy atom. The second-order valence-electron chi connectivity index (χ2n) is 12.4. The lowest BCUT2D eigenvalue weighted by molar-refractivity contribution is -0.0450. The third kappa shape index (κ3) is 6.74. The Morgan fingerprint density at radius 1 is 1.26 bits per heavy atom. The van der Waals surface area contributed by atoms with Crippen LogP contribution in [0.25, 0.3) is 0 Å². The number of thioether (sulfide) groups is 1. The van der Waals surface area contributed by atoms with Gasteiger partial charge in [0.15, 0.2) is 0 Å². The molecule has 0 unspecified atom stereocenters. The van der Waals surface area contributed by atoms with E-state index in [1.54, 1.807) is 17.3 Å². The molecule has 3 nitrogen and oxygen atoms in total. The number of ether oxygens (including phenoxy) is 1. The van der Waals surface area contributed by atoms with Crippen LogP contribution in [0, 0.1) is 16.7 Å². The highest BCUT2D eigenvalue weighted by atomic mass is 32.2. The van der Waals surface area contributed by atoms with Crippen LogP contribution in [0.1, 0.15) is 53.4 Å². The van der Waals surface area contributed by atoms with Crippen LogP contribution in [0.2, 0.25) is 39.3 Å². The van der Waals surface area contributed by atoms with Crippen molar-refractivity contribution in [3.63, 3.8) is 0 Å². The van der Waals surface area contributed by atoms with E-state index in [1.165, 1.54) is 12.0 Å². The summed E-state index contributed by atoms with van der Waals surface area (Å²) in [7, 11) is -3.51. The van der Waals surface area contributed by atoms with Gasteiger partial charge < -0.3 is 13.6 Å². The van der Waals surface area contributed by atoms with Gasteiger partial charge in [-0.2, -0.15) is 0 Å². The fourth-order valence-electron chi connectivity index (χ4n) is 5.40. The van der Waals surface area contributed by atoms with E-state index in [2.05, 4.69) is 98.0 Å². The molecule has 0 aromatic carbocycles. The second-order valence-corrected chi connectivity index (χ2v) is 22.1. The normalized spacial score (nSPS) is 26.5. The summed E-state index contributed by atoms with van der Waals surface area (Å²) in [5.74, 6) is 3.33. The van der Waals surface area contributed by atoms with E-state index in [9.17, 15) is 0 Å². The van der Waals surface area contributed by atoms with E-state index in [-0.39, 0.29) is 16.9 Å². The molecule has 0 bridgehead atoms. The highest BCUT2D eigenvalue weighted by Crippen LogP contribution is 2.56. The van der Waals surface area contributed by atoms with E-state index in [1.807, 2.05) is 0 Å². The van der Waals surface area contributed by atoms with Gasteiger partial charge in [-0.05, 0) is 97.1 Å². The van der Waals surface area contributed by atoms with Gasteiger partial charge >= 0.3 is 0 Å². The first kappa shape index (κ1) is 29.5. The van der Waals surface area contributed by atoms with E-state index in [4.69, 9.17) is 13.6 Å². The smallest absolute Gasteiger partial charge is 0.242 e. The van der Waals surface area contributed by atoms with Crippen molar-refractivity contribution >= 4 is 28.4 Å². The molecule has 0 amide bonds. The van der Waals surface area contributed by atoms with Crippen molar-refractivity contribution < 1.29 is 13.6 Å². The summed E-state index contributed by atoms with van der Waals surface area (Å²) in [6.45, 7) is 27.0. The van der Waals surface area contributed by atoms with Crippen molar-refractivity contribution in [3.8, 4) is 0 Å². The molecule has 4 atom stereocenters. The standard InChI is InChI=1S/C28H50O3SSi2/c1-13-24(31-34(10,11)12)27(4,14-2)19-25(29-20-32-6)28(5)21(3)15-16-22-17-18-23(26(22)28)30-33(7,8)9/h13-14,18,21,25H,2,15-17,19-20H2,1,3-12H3/b24-13-/t21-,25+,27+,28-/m0/s1. The zero-order chi connectivity index (χ0) is 25.9. The predicted octanol–water partition coefficient (Wildman–Crippen LogP) is 8.90. The topological polar surface area (TPSA) is 27.7 Å². The number of hydrogen-bond acceptors (Lipinski definition) is 4. The second kappa shape index (κ2) is 11.1. The first-order chi connectivity index (χ1) is 15.6. The zero-order valence-corrected chi connectivity index (χ0v) is 26.6. The Bertz CT molecular complexity index is 834. The molecule has 0 spiro atoms. The average molecular weight is 523 g/mol. The number of rotatable bonds is 12. The highest BCUT2D eigenvalue weighted by Gasteiger charge is 2.51. The molecule has 0 saturated heterocycles. The molecular formula is C28H50O3SSi2. The fraction of sp³-hybridized carbons (Fsp3) is 0.714. The van der Waals surface area contributed by atoms with Gasteiger partial charge in [0.25, 0.3) is 0 Å². The van der Waals surface area contributed by atoms with Crippen LogP contribution in [0.3, 0.4) is 0 Å². The van der Waals surface area contributed by atoms with Crippen LogP contribution in [-0.2, 0) is 13.6 Å². The first-order valence-electron chi connectivity index (χ1n) is 12.8. The molecule has 0 aromatic rings. The van der Waals surface area contributed by atoms with Gasteiger partial charge in [-0.25, -0.2) is 0 Å². The van der Waals surface area contributed by atoms with Gasteiger partial charge in [-0.15, -0.1) is 18.3 Å². The zero-order valence-electron chi connectivity index (χ0n) is 23.8. The Hall–Kier alpha value is -0.696. The Labute approximate surface area is 216 Å². The van der Waals surface area contributed by atoms with Crippen molar-refractivity contribution in [2.75, 3.05) is 12.2 Å². The van der Waals surface area contributed by atoms with Gasteiger partial charge in [0.2, 0.25) is 16.6 Å². The van der Waals surface area contributed by atoms with Gasteiger partial charge in [0.1, 0.15) is 5.76 Å². The lowest BCUT2D eigenvalue weighted by atomic mass is 9.59. The molecule has 0 heterocycles. The summed E-state index contributed by atoms with van der Waals surface area (Å²) in [5.41, 5.74) is 2.55. The maximum absolute atomic E-state index is 6.75. The summed E-state index contributed by atoms with van der Waals surface area (Å²) in [6, 6.07) is 0. The van der Waals surface area contributed by atoms with Crippen molar-refractivity contribution in [3.05, 3.63) is 47.5 Å². The van der Waals surface area contributed by atoms with E-state index >= 15 is 0 Å². The van der Waals surface area contributed by atoms with Gasteiger partial charge in [-0.1, -0.05) is 31.6 Å². The summed E-state index contributed by atoms with van der Waals surface area (Å²) < 4.78 is 20.0. The van der Waals surface area contributed by atoms with Gasteiger partial charge in [0.05, 0.1) is 17.8 Å². The summed E-state index contributed by atoms with van der Waals surface area (Å²) in [5, 5.41) is 0. The monoisotopic (exact) mass is 522 g/mol. The molecule has 2 aliphatic carbocycles. The quantitative estimate of drug-likeness (QED) is 0.111. The van der Waals surface area contributed by atoms with Crippen LogP contribution in [0.5, 0.6) is 0 Å². The maximum atomic E-state index is 6.75. The summed E-state index contributed by atoms with van der Waals surface area (Å²) >= 11 is 1.75. The molecule has 194 valence electrons. The molecule has 6 heteroatoms. The molecule has 0 N–H and O–H groups in total. The van der Waals surface area contributed by atoms with E-state index in [0.29, 0.717) is 11.9 Å². The minimum absolute atomic E-state index is 0.0233. The summed E-state index contributed by atoms with van der Waals surface area (Å²) in [6.07, 6.45) is 12.9. The molecule has 0 aromatic heterocycles. The Balaban J connectivity index is 2.56. The largest absolute Gasteiger partial charge is 0.547 e. The minimum Gasteiger partial charge on any atom is -0.547 e. The van der Waals surface area contributed by atoms with Crippen molar-refractivity contribution in [2.45, 2.75) is 98.8 Å². The molecule has 0 fully saturated rings. The highest BCUT2D eigenvalue weighted by molar-refractivity contribution is 7.98. The van der Waals surface area contributed by atoms with Gasteiger partial charge in [-0.3, -0.25) is 0 Å². The van der Waals surface area contributed by atoms with Crippen LogP contribution >= 0.6 is 11.8 Å². The molecule has 0 saturated carbocycles. The molecule has 2 aliphatic rings. The molecule has 34 heavy (non-hydrogen) atoms. The van der Waals surface area contributed by atoms with E-state index < -0.39 is 16.6 Å². The van der Waals surface area contributed by atoms with Crippen molar-refractivity contribution in [1.29, 1.82) is 0 Å². The SMILES string of the molecule is C=C[C@](C)(C[C@@H](OCSC)[C@@]1(C)C2=C(CC=C2O[Si](C)(C)C)CC[C@@H]1C)/C(=C/C)O[Si](C)(C)C. The molecule has 0 aliphatic heterocycles. The third-order valence-corrected chi connectivity index (χ3v) is 9.38. The Morgan fingerprint density at radius 2 is 1.91 bits per heavy atom. The number of hydrogen-bond donors (Lipinski definition) is 0. The van der Waals surface area contributed by atoms with Crippen molar-refractivity contribution in [1.82, 2.24) is 0 Å². The average Bonchev–Trinajstić information content (AvgIpc) is 3.13. The van der Waals surface area contributed by atoms with Crippen molar-refractivity contribution in [2.24, 2.45) is 16.7 Å². The van der Waals surface area contributed by atoms with E-state index in [0.717, 1.165) is 30.8 Å².